The van der Waals surface area contributed by atoms with Gasteiger partial charge in [0.15, 0.2) is 9.84 Å². The van der Waals surface area contributed by atoms with E-state index in [1.54, 1.807) is 48.5 Å². The molecule has 1 aromatic heterocycles. The van der Waals surface area contributed by atoms with Crippen molar-refractivity contribution < 1.29 is 17.9 Å². The van der Waals surface area contributed by atoms with Gasteiger partial charge in [0.2, 0.25) is 0 Å². The summed E-state index contributed by atoms with van der Waals surface area (Å²) >= 11 is 0. The molecular formula is C21H17N3O4S. The number of sulfone groups is 1. The topological polar surface area (TPSA) is 100 Å². The number of benzene rings is 2. The van der Waals surface area contributed by atoms with Gasteiger partial charge in [0.1, 0.15) is 17.2 Å². The van der Waals surface area contributed by atoms with Gasteiger partial charge in [0.25, 0.3) is 5.91 Å². The first-order chi connectivity index (χ1) is 13.9. The molecule has 2 heterocycles. The molecule has 146 valence electrons. The lowest BCUT2D eigenvalue weighted by molar-refractivity contribution is 0.0765. The zero-order valence-electron chi connectivity index (χ0n) is 15.4. The smallest absolute Gasteiger partial charge is 0.272 e. The molecule has 29 heavy (non-hydrogen) atoms. The predicted octanol–water partition coefficient (Wildman–Crippen LogP) is 2.77. The van der Waals surface area contributed by atoms with Crippen LogP contribution in [-0.2, 0) is 9.84 Å². The van der Waals surface area contributed by atoms with Gasteiger partial charge in [-0.05, 0) is 48.5 Å². The minimum Gasteiger partial charge on any atom is -0.457 e. The zero-order valence-corrected chi connectivity index (χ0v) is 16.2. The zero-order chi connectivity index (χ0) is 20.4. The Morgan fingerprint density at radius 2 is 1.69 bits per heavy atom. The van der Waals surface area contributed by atoms with Crippen molar-refractivity contribution in [1.82, 2.24) is 9.88 Å². The van der Waals surface area contributed by atoms with Crippen molar-refractivity contribution in [3.05, 3.63) is 65.9 Å². The summed E-state index contributed by atoms with van der Waals surface area (Å²) in [5.74, 6) is 0.942. The molecular weight excluding hydrogens is 390 g/mol. The number of carbonyl (C=O) groups is 1. The molecule has 0 atom stereocenters. The Labute approximate surface area is 168 Å². The Balaban J connectivity index is 1.52. The van der Waals surface area contributed by atoms with Gasteiger partial charge >= 0.3 is 0 Å². The first-order valence-corrected chi connectivity index (χ1v) is 10.8. The van der Waals surface area contributed by atoms with E-state index >= 15 is 0 Å². The molecule has 0 aliphatic carbocycles. The van der Waals surface area contributed by atoms with E-state index in [1.165, 1.54) is 4.90 Å². The normalized spacial score (nSPS) is 15.6. The van der Waals surface area contributed by atoms with E-state index in [4.69, 9.17) is 10.00 Å². The van der Waals surface area contributed by atoms with Crippen LogP contribution in [0.1, 0.15) is 16.1 Å². The highest BCUT2D eigenvalue weighted by Crippen LogP contribution is 2.25. The maximum Gasteiger partial charge on any atom is 0.272 e. The molecule has 0 saturated carbocycles. The Kier molecular flexibility index (Phi) is 4.91. The molecule has 1 aliphatic heterocycles. The van der Waals surface area contributed by atoms with Crippen molar-refractivity contribution in [2.45, 2.75) is 0 Å². The lowest BCUT2D eigenvalue weighted by Gasteiger charge is -2.26. The number of aromatic nitrogens is 1. The van der Waals surface area contributed by atoms with Gasteiger partial charge in [-0.2, -0.15) is 5.26 Å². The maximum atomic E-state index is 12.6. The van der Waals surface area contributed by atoms with Crippen LogP contribution in [0.2, 0.25) is 0 Å². The van der Waals surface area contributed by atoms with E-state index in [-0.39, 0.29) is 36.2 Å². The van der Waals surface area contributed by atoms with Crippen molar-refractivity contribution in [3.63, 3.8) is 0 Å². The van der Waals surface area contributed by atoms with Crippen molar-refractivity contribution in [3.8, 4) is 17.6 Å². The Bertz CT molecular complexity index is 1220. The third-order valence-corrected chi connectivity index (χ3v) is 6.34. The molecule has 1 fully saturated rings. The second-order valence-electron chi connectivity index (χ2n) is 6.73. The van der Waals surface area contributed by atoms with Gasteiger partial charge in [-0.3, -0.25) is 4.79 Å². The molecule has 3 aromatic rings. The van der Waals surface area contributed by atoms with Gasteiger partial charge in [0, 0.05) is 18.5 Å². The molecule has 1 saturated heterocycles. The second-order valence-corrected chi connectivity index (χ2v) is 9.04. The van der Waals surface area contributed by atoms with E-state index in [0.29, 0.717) is 22.6 Å². The fourth-order valence-electron chi connectivity index (χ4n) is 3.10. The van der Waals surface area contributed by atoms with E-state index in [1.807, 2.05) is 6.07 Å². The summed E-state index contributed by atoms with van der Waals surface area (Å²) in [6.45, 7) is 0.385. The summed E-state index contributed by atoms with van der Waals surface area (Å²) in [7, 11) is -3.04. The van der Waals surface area contributed by atoms with Crippen LogP contribution in [0.4, 0.5) is 0 Å². The van der Waals surface area contributed by atoms with Crippen LogP contribution >= 0.6 is 0 Å². The Morgan fingerprint density at radius 1 is 1.00 bits per heavy atom. The van der Waals surface area contributed by atoms with Crippen molar-refractivity contribution >= 4 is 26.6 Å². The quantitative estimate of drug-likeness (QED) is 0.662. The summed E-state index contributed by atoms with van der Waals surface area (Å²) in [5, 5.41) is 9.67. The lowest BCUT2D eigenvalue weighted by atomic mass is 10.2. The van der Waals surface area contributed by atoms with Crippen LogP contribution in [0.3, 0.4) is 0 Å². The Hall–Kier alpha value is -3.44. The highest BCUT2D eigenvalue weighted by molar-refractivity contribution is 7.91. The predicted molar refractivity (Wildman–Crippen MR) is 108 cm³/mol. The van der Waals surface area contributed by atoms with E-state index in [2.05, 4.69) is 11.1 Å². The number of carbonyl (C=O) groups excluding carboxylic acids is 1. The monoisotopic (exact) mass is 407 g/mol. The highest BCUT2D eigenvalue weighted by atomic mass is 32.2. The number of hydrogen-bond acceptors (Lipinski definition) is 6. The standard InChI is InChI=1S/C21H17N3O4S/c22-14-15-1-4-17(5-2-15)28-18-6-8-19-16(13-18)3-7-20(23-19)21(25)24-9-11-29(26,27)12-10-24/h1-8,13H,9-12H2. The van der Waals surface area contributed by atoms with Crippen LogP contribution in [0.15, 0.2) is 54.6 Å². The molecule has 0 bridgehead atoms. The molecule has 4 rings (SSSR count). The molecule has 0 spiro atoms. The summed E-state index contributed by atoms with van der Waals surface area (Å²) in [6, 6.07) is 17.7. The number of hydrogen-bond donors (Lipinski definition) is 0. The van der Waals surface area contributed by atoms with Crippen LogP contribution in [0, 0.1) is 11.3 Å². The van der Waals surface area contributed by atoms with Crippen LogP contribution in [0.25, 0.3) is 10.9 Å². The highest BCUT2D eigenvalue weighted by Gasteiger charge is 2.26. The van der Waals surface area contributed by atoms with Gasteiger partial charge < -0.3 is 9.64 Å². The van der Waals surface area contributed by atoms with Gasteiger partial charge in [-0.25, -0.2) is 13.4 Å². The fraction of sp³-hybridized carbons (Fsp3) is 0.190. The average Bonchev–Trinajstić information content (AvgIpc) is 2.73. The number of ether oxygens (including phenoxy) is 1. The molecule has 1 amide bonds. The molecule has 7 nitrogen and oxygen atoms in total. The average molecular weight is 407 g/mol. The first-order valence-electron chi connectivity index (χ1n) is 9.02. The van der Waals surface area contributed by atoms with Gasteiger partial charge in [0.05, 0.1) is 28.7 Å². The third kappa shape index (κ3) is 4.20. The van der Waals surface area contributed by atoms with Gasteiger partial charge in [-0.15, -0.1) is 0 Å². The fourth-order valence-corrected chi connectivity index (χ4v) is 4.30. The Morgan fingerprint density at radius 3 is 2.38 bits per heavy atom. The van der Waals surface area contributed by atoms with Crippen LogP contribution in [-0.4, -0.2) is 48.8 Å². The molecule has 2 aromatic carbocycles. The number of rotatable bonds is 3. The van der Waals surface area contributed by atoms with Crippen molar-refractivity contribution in [2.24, 2.45) is 0 Å². The largest absolute Gasteiger partial charge is 0.457 e. The number of nitrogens with zero attached hydrogens (tertiary/aromatic N) is 3. The first kappa shape index (κ1) is 18.9. The SMILES string of the molecule is N#Cc1ccc(Oc2ccc3nc(C(=O)N4CCS(=O)(=O)CC4)ccc3c2)cc1. The minimum absolute atomic E-state index is 0.0115. The number of fused-ring (bicyclic) bond motifs is 1. The summed E-state index contributed by atoms with van der Waals surface area (Å²) in [5.41, 5.74) is 1.49. The number of pyridine rings is 1. The summed E-state index contributed by atoms with van der Waals surface area (Å²) in [4.78, 5) is 18.6. The van der Waals surface area contributed by atoms with Crippen LogP contribution < -0.4 is 4.74 Å². The maximum absolute atomic E-state index is 12.6. The molecule has 0 N–H and O–H groups in total. The van der Waals surface area contributed by atoms with Crippen molar-refractivity contribution in [1.29, 1.82) is 5.26 Å². The molecule has 0 radical (unpaired) electrons. The minimum atomic E-state index is -3.04. The lowest BCUT2D eigenvalue weighted by Crippen LogP contribution is -2.44. The van der Waals surface area contributed by atoms with E-state index in [0.717, 1.165) is 5.39 Å². The number of amides is 1. The number of nitriles is 1. The van der Waals surface area contributed by atoms with E-state index in [9.17, 15) is 13.2 Å². The van der Waals surface area contributed by atoms with Crippen LogP contribution in [0.5, 0.6) is 11.5 Å². The molecule has 0 unspecified atom stereocenters. The van der Waals surface area contributed by atoms with E-state index < -0.39 is 9.84 Å². The second kappa shape index (κ2) is 7.53. The molecule has 1 aliphatic rings. The summed E-state index contributed by atoms with van der Waals surface area (Å²) < 4.78 is 28.9. The van der Waals surface area contributed by atoms with Gasteiger partial charge in [-0.1, -0.05) is 6.07 Å². The third-order valence-electron chi connectivity index (χ3n) is 4.73. The van der Waals surface area contributed by atoms with Crippen molar-refractivity contribution in [2.75, 3.05) is 24.6 Å². The summed E-state index contributed by atoms with van der Waals surface area (Å²) in [6.07, 6.45) is 0. The molecule has 8 heteroatoms.